The summed E-state index contributed by atoms with van der Waals surface area (Å²) in [4.78, 5) is 16.7. The van der Waals surface area contributed by atoms with E-state index in [0.717, 1.165) is 24.9 Å². The zero-order valence-corrected chi connectivity index (χ0v) is 14.5. The first kappa shape index (κ1) is 15.6. The molecule has 4 nitrogen and oxygen atoms in total. The molecule has 0 bridgehead atoms. The van der Waals surface area contributed by atoms with Gasteiger partial charge >= 0.3 is 6.03 Å². The molecule has 23 heavy (non-hydrogen) atoms. The fourth-order valence-electron chi connectivity index (χ4n) is 4.20. The topological polar surface area (TPSA) is 35.6 Å². The van der Waals surface area contributed by atoms with E-state index in [0.29, 0.717) is 21.8 Å². The molecule has 3 aliphatic rings. The SMILES string of the molecule is O=C(Nc1ccc(Cl)c(Cl)c1)N1CC(N2CC3CCCC3C2)C1. The lowest BCUT2D eigenvalue weighted by Crippen LogP contribution is -2.61. The van der Waals surface area contributed by atoms with E-state index < -0.39 is 0 Å². The van der Waals surface area contributed by atoms with Crippen LogP contribution in [0.4, 0.5) is 10.5 Å². The Bertz CT molecular complexity index is 606. The molecule has 0 aromatic heterocycles. The second-order valence-corrected chi connectivity index (χ2v) is 7.84. The number of rotatable bonds is 2. The molecule has 1 N–H and O–H groups in total. The van der Waals surface area contributed by atoms with Gasteiger partial charge in [-0.05, 0) is 42.9 Å². The van der Waals surface area contributed by atoms with Crippen molar-refractivity contribution in [3.8, 4) is 0 Å². The minimum absolute atomic E-state index is 0.0565. The second-order valence-electron chi connectivity index (χ2n) is 7.02. The maximum atomic E-state index is 12.3. The van der Waals surface area contributed by atoms with Crippen molar-refractivity contribution in [3.63, 3.8) is 0 Å². The first-order valence-electron chi connectivity index (χ1n) is 8.35. The summed E-state index contributed by atoms with van der Waals surface area (Å²) in [5.74, 6) is 1.82. The number of anilines is 1. The highest BCUT2D eigenvalue weighted by Gasteiger charge is 2.43. The molecule has 0 radical (unpaired) electrons. The van der Waals surface area contributed by atoms with Crippen LogP contribution in [-0.4, -0.2) is 48.1 Å². The van der Waals surface area contributed by atoms with Crippen molar-refractivity contribution in [1.29, 1.82) is 0 Å². The molecular formula is C17H21Cl2N3O. The molecule has 2 aliphatic heterocycles. The number of benzene rings is 1. The monoisotopic (exact) mass is 353 g/mol. The lowest BCUT2D eigenvalue weighted by molar-refractivity contribution is 0.0722. The summed E-state index contributed by atoms with van der Waals surface area (Å²) in [6.45, 7) is 4.12. The number of amides is 2. The van der Waals surface area contributed by atoms with Crippen LogP contribution in [0.15, 0.2) is 18.2 Å². The van der Waals surface area contributed by atoms with Crippen LogP contribution < -0.4 is 5.32 Å². The maximum Gasteiger partial charge on any atom is 0.321 e. The van der Waals surface area contributed by atoms with Gasteiger partial charge in [-0.25, -0.2) is 4.79 Å². The van der Waals surface area contributed by atoms with Gasteiger partial charge in [0.2, 0.25) is 0 Å². The molecular weight excluding hydrogens is 333 g/mol. The predicted molar refractivity (Wildman–Crippen MR) is 93.2 cm³/mol. The van der Waals surface area contributed by atoms with Gasteiger partial charge in [0.25, 0.3) is 0 Å². The Morgan fingerprint density at radius 1 is 1.04 bits per heavy atom. The van der Waals surface area contributed by atoms with Gasteiger partial charge in [0, 0.05) is 37.9 Å². The summed E-state index contributed by atoms with van der Waals surface area (Å²) in [5, 5.41) is 3.84. The fraction of sp³-hybridized carbons (Fsp3) is 0.588. The highest BCUT2D eigenvalue weighted by molar-refractivity contribution is 6.42. The molecule has 1 aromatic rings. The molecule has 0 spiro atoms. The number of carbonyl (C=O) groups excluding carboxylic acids is 1. The summed E-state index contributed by atoms with van der Waals surface area (Å²) in [5.41, 5.74) is 0.684. The van der Waals surface area contributed by atoms with E-state index >= 15 is 0 Å². The Labute approximate surface area is 146 Å². The Balaban J connectivity index is 1.28. The zero-order valence-electron chi connectivity index (χ0n) is 13.0. The van der Waals surface area contributed by atoms with Gasteiger partial charge in [0.05, 0.1) is 10.0 Å². The zero-order chi connectivity index (χ0) is 16.0. The summed E-state index contributed by atoms with van der Waals surface area (Å²) in [6.07, 6.45) is 4.21. The summed E-state index contributed by atoms with van der Waals surface area (Å²) in [7, 11) is 0. The Morgan fingerprint density at radius 3 is 2.39 bits per heavy atom. The number of hydrogen-bond donors (Lipinski definition) is 1. The first-order valence-corrected chi connectivity index (χ1v) is 9.11. The normalized spacial score (nSPS) is 27.8. The van der Waals surface area contributed by atoms with Gasteiger partial charge < -0.3 is 10.2 Å². The third kappa shape index (κ3) is 3.04. The molecule has 1 saturated carbocycles. The van der Waals surface area contributed by atoms with E-state index in [1.54, 1.807) is 18.2 Å². The average Bonchev–Trinajstić information content (AvgIpc) is 3.02. The van der Waals surface area contributed by atoms with E-state index in [-0.39, 0.29) is 6.03 Å². The van der Waals surface area contributed by atoms with E-state index in [1.165, 1.54) is 32.4 Å². The van der Waals surface area contributed by atoms with Crippen LogP contribution in [0.3, 0.4) is 0 Å². The molecule has 2 saturated heterocycles. The molecule has 3 fully saturated rings. The number of nitrogens with zero attached hydrogens (tertiary/aromatic N) is 2. The molecule has 4 rings (SSSR count). The lowest BCUT2D eigenvalue weighted by atomic mass is 10.0. The van der Waals surface area contributed by atoms with E-state index in [1.807, 2.05) is 4.90 Å². The molecule has 2 atom stereocenters. The molecule has 2 amide bonds. The smallest absolute Gasteiger partial charge is 0.321 e. The van der Waals surface area contributed by atoms with Crippen molar-refractivity contribution >= 4 is 34.9 Å². The van der Waals surface area contributed by atoms with E-state index in [9.17, 15) is 4.79 Å². The van der Waals surface area contributed by atoms with Crippen molar-refractivity contribution in [2.45, 2.75) is 25.3 Å². The summed E-state index contributed by atoms with van der Waals surface area (Å²) < 4.78 is 0. The number of nitrogens with one attached hydrogen (secondary N) is 1. The van der Waals surface area contributed by atoms with Crippen LogP contribution in [0.5, 0.6) is 0 Å². The highest BCUT2D eigenvalue weighted by Crippen LogP contribution is 2.39. The lowest BCUT2D eigenvalue weighted by Gasteiger charge is -2.44. The maximum absolute atomic E-state index is 12.3. The Hall–Kier alpha value is -0.970. The van der Waals surface area contributed by atoms with Crippen molar-refractivity contribution in [2.24, 2.45) is 11.8 Å². The molecule has 124 valence electrons. The largest absolute Gasteiger partial charge is 0.321 e. The third-order valence-corrected chi connectivity index (χ3v) is 6.33. The number of likely N-dealkylation sites (tertiary alicyclic amines) is 2. The standard InChI is InChI=1S/C17H21Cl2N3O/c18-15-5-4-13(6-16(15)19)20-17(23)22-9-14(10-22)21-7-11-2-1-3-12(11)8-21/h4-6,11-12,14H,1-3,7-10H2,(H,20,23). The molecule has 1 aliphatic carbocycles. The van der Waals surface area contributed by atoms with Crippen molar-refractivity contribution in [3.05, 3.63) is 28.2 Å². The number of hydrogen-bond acceptors (Lipinski definition) is 2. The Kier molecular flexibility index (Phi) is 4.16. The highest BCUT2D eigenvalue weighted by atomic mass is 35.5. The number of urea groups is 1. The molecule has 1 aromatic carbocycles. The first-order chi connectivity index (χ1) is 11.1. The van der Waals surface area contributed by atoms with E-state index in [4.69, 9.17) is 23.2 Å². The molecule has 2 heterocycles. The van der Waals surface area contributed by atoms with E-state index in [2.05, 4.69) is 10.2 Å². The quantitative estimate of drug-likeness (QED) is 0.873. The number of fused-ring (bicyclic) bond motifs is 1. The fourth-order valence-corrected chi connectivity index (χ4v) is 4.50. The van der Waals surface area contributed by atoms with Gasteiger partial charge in [0.15, 0.2) is 0 Å². The third-order valence-electron chi connectivity index (χ3n) is 5.59. The van der Waals surface area contributed by atoms with Crippen LogP contribution >= 0.6 is 23.2 Å². The minimum atomic E-state index is -0.0565. The predicted octanol–water partition coefficient (Wildman–Crippen LogP) is 3.94. The van der Waals surface area contributed by atoms with Gasteiger partial charge in [0.1, 0.15) is 0 Å². The molecule has 2 unspecified atom stereocenters. The Morgan fingerprint density at radius 2 is 1.74 bits per heavy atom. The summed E-state index contributed by atoms with van der Waals surface area (Å²) in [6, 6.07) is 5.63. The summed E-state index contributed by atoms with van der Waals surface area (Å²) >= 11 is 11.9. The van der Waals surface area contributed by atoms with Gasteiger partial charge in [-0.2, -0.15) is 0 Å². The second kappa shape index (κ2) is 6.15. The minimum Gasteiger partial charge on any atom is -0.321 e. The van der Waals surface area contributed by atoms with Crippen molar-refractivity contribution in [2.75, 3.05) is 31.5 Å². The van der Waals surface area contributed by atoms with Crippen LogP contribution in [0, 0.1) is 11.8 Å². The van der Waals surface area contributed by atoms with Crippen LogP contribution in [-0.2, 0) is 0 Å². The van der Waals surface area contributed by atoms with Crippen LogP contribution in [0.1, 0.15) is 19.3 Å². The van der Waals surface area contributed by atoms with Gasteiger partial charge in [-0.15, -0.1) is 0 Å². The van der Waals surface area contributed by atoms with Crippen LogP contribution in [0.2, 0.25) is 10.0 Å². The number of carbonyl (C=O) groups is 1. The molecule has 6 heteroatoms. The van der Waals surface area contributed by atoms with Gasteiger partial charge in [-0.3, -0.25) is 4.90 Å². The van der Waals surface area contributed by atoms with Crippen LogP contribution in [0.25, 0.3) is 0 Å². The number of halogens is 2. The van der Waals surface area contributed by atoms with Crippen molar-refractivity contribution in [1.82, 2.24) is 9.80 Å². The van der Waals surface area contributed by atoms with Crippen molar-refractivity contribution < 1.29 is 4.79 Å². The van der Waals surface area contributed by atoms with Gasteiger partial charge in [-0.1, -0.05) is 29.6 Å². The average molecular weight is 354 g/mol.